The van der Waals surface area contributed by atoms with Gasteiger partial charge in [-0.25, -0.2) is 0 Å². The van der Waals surface area contributed by atoms with Crippen LogP contribution in [0.5, 0.6) is 11.5 Å². The third kappa shape index (κ3) is 7.30. The molecule has 0 unspecified atom stereocenters. The van der Waals surface area contributed by atoms with Crippen molar-refractivity contribution in [2.24, 2.45) is 0 Å². The molecule has 0 radical (unpaired) electrons. The zero-order valence-electron chi connectivity index (χ0n) is 19.2. The first kappa shape index (κ1) is 24.7. The van der Waals surface area contributed by atoms with E-state index < -0.39 is 17.9 Å². The van der Waals surface area contributed by atoms with Crippen molar-refractivity contribution in [1.82, 2.24) is 16.2 Å². The predicted molar refractivity (Wildman–Crippen MR) is 121 cm³/mol. The van der Waals surface area contributed by atoms with E-state index in [1.807, 2.05) is 19.1 Å². The molecule has 0 saturated carbocycles. The lowest BCUT2D eigenvalue weighted by molar-refractivity contribution is -0.130. The molecule has 8 heteroatoms. The summed E-state index contributed by atoms with van der Waals surface area (Å²) < 4.78 is 10.9. The minimum Gasteiger partial charge on any atom is -0.490 e. The van der Waals surface area contributed by atoms with E-state index in [1.54, 1.807) is 36.4 Å². The number of rotatable bonds is 8. The van der Waals surface area contributed by atoms with Crippen molar-refractivity contribution in [3.8, 4) is 11.5 Å². The highest BCUT2D eigenvalue weighted by Crippen LogP contribution is 2.26. The van der Waals surface area contributed by atoms with E-state index in [2.05, 4.69) is 36.9 Å². The van der Waals surface area contributed by atoms with E-state index in [0.717, 1.165) is 5.56 Å². The van der Waals surface area contributed by atoms with Gasteiger partial charge in [0.25, 0.3) is 17.7 Å². The van der Waals surface area contributed by atoms with Crippen LogP contribution in [-0.2, 0) is 15.0 Å². The molecule has 0 aromatic heterocycles. The minimum atomic E-state index is -0.857. The van der Waals surface area contributed by atoms with Crippen LogP contribution in [0.15, 0.2) is 48.5 Å². The molecular weight excluding hydrogens is 410 g/mol. The van der Waals surface area contributed by atoms with Crippen LogP contribution < -0.4 is 25.6 Å². The van der Waals surface area contributed by atoms with Crippen molar-refractivity contribution in [1.29, 1.82) is 0 Å². The lowest BCUT2D eigenvalue weighted by atomic mass is 9.86. The molecule has 32 heavy (non-hydrogen) atoms. The monoisotopic (exact) mass is 441 g/mol. The lowest BCUT2D eigenvalue weighted by Crippen LogP contribution is -2.51. The number of ether oxygens (including phenoxy) is 2. The quantitative estimate of drug-likeness (QED) is 0.546. The number of benzene rings is 2. The first-order chi connectivity index (χ1) is 15.1. The Balaban J connectivity index is 1.80. The Hall–Kier alpha value is -3.55. The second-order valence-electron chi connectivity index (χ2n) is 8.23. The van der Waals surface area contributed by atoms with Gasteiger partial charge in [-0.3, -0.25) is 25.2 Å². The molecule has 0 heterocycles. The first-order valence-electron chi connectivity index (χ1n) is 10.5. The maximum absolute atomic E-state index is 12.4. The lowest BCUT2D eigenvalue weighted by Gasteiger charge is -2.19. The number of hydrogen-bond donors (Lipinski definition) is 3. The summed E-state index contributed by atoms with van der Waals surface area (Å²) in [7, 11) is 0. The largest absolute Gasteiger partial charge is 0.490 e. The average Bonchev–Trinajstić information content (AvgIpc) is 2.76. The van der Waals surface area contributed by atoms with Crippen molar-refractivity contribution in [3.63, 3.8) is 0 Å². The van der Waals surface area contributed by atoms with E-state index in [4.69, 9.17) is 9.47 Å². The number of hydrazine groups is 1. The molecule has 2 aromatic rings. The molecule has 8 nitrogen and oxygen atoms in total. The fourth-order valence-electron chi connectivity index (χ4n) is 2.73. The Kier molecular flexibility index (Phi) is 8.63. The van der Waals surface area contributed by atoms with Gasteiger partial charge in [-0.05, 0) is 49.1 Å². The van der Waals surface area contributed by atoms with Crippen LogP contribution in [0.3, 0.4) is 0 Å². The Morgan fingerprint density at radius 3 is 2.06 bits per heavy atom. The molecule has 172 valence electrons. The molecule has 0 aliphatic rings. The Morgan fingerprint density at radius 2 is 1.50 bits per heavy atom. The van der Waals surface area contributed by atoms with Crippen LogP contribution in [-0.4, -0.2) is 37.0 Å². The summed E-state index contributed by atoms with van der Waals surface area (Å²) >= 11 is 0. The van der Waals surface area contributed by atoms with Gasteiger partial charge < -0.3 is 14.8 Å². The molecule has 2 aromatic carbocycles. The van der Waals surface area contributed by atoms with Crippen LogP contribution >= 0.6 is 0 Å². The molecule has 3 amide bonds. The fourth-order valence-corrected chi connectivity index (χ4v) is 2.73. The molecule has 0 bridgehead atoms. The highest BCUT2D eigenvalue weighted by molar-refractivity contribution is 5.97. The van der Waals surface area contributed by atoms with E-state index in [9.17, 15) is 14.4 Å². The van der Waals surface area contributed by atoms with Crippen LogP contribution in [0.4, 0.5) is 0 Å². The number of carbonyl (C=O) groups is 3. The summed E-state index contributed by atoms with van der Waals surface area (Å²) in [5, 5.41) is 2.61. The molecule has 3 N–H and O–H groups in total. The highest BCUT2D eigenvalue weighted by Gasteiger charge is 2.19. The normalized spacial score (nSPS) is 11.8. The summed E-state index contributed by atoms with van der Waals surface area (Å²) in [5.74, 6) is -0.545. The van der Waals surface area contributed by atoms with E-state index in [-0.39, 0.29) is 17.9 Å². The van der Waals surface area contributed by atoms with Crippen molar-refractivity contribution < 1.29 is 23.9 Å². The molecule has 0 aliphatic carbocycles. The third-order valence-corrected chi connectivity index (χ3v) is 4.59. The van der Waals surface area contributed by atoms with Crippen LogP contribution in [0, 0.1) is 0 Å². The van der Waals surface area contributed by atoms with Gasteiger partial charge in [-0.1, -0.05) is 45.0 Å². The fraction of sp³-hybridized carbons (Fsp3) is 0.375. The summed E-state index contributed by atoms with van der Waals surface area (Å²) in [6.45, 7) is 9.79. The highest BCUT2D eigenvalue weighted by atomic mass is 16.5. The molecule has 0 aliphatic heterocycles. The maximum Gasteiger partial charge on any atom is 0.276 e. The van der Waals surface area contributed by atoms with Crippen molar-refractivity contribution in [3.05, 3.63) is 59.7 Å². The third-order valence-electron chi connectivity index (χ3n) is 4.59. The predicted octanol–water partition coefficient (Wildman–Crippen LogP) is 2.73. The van der Waals surface area contributed by atoms with Gasteiger partial charge in [0.05, 0.1) is 6.61 Å². The number of carbonyl (C=O) groups excluding carboxylic acids is 3. The van der Waals surface area contributed by atoms with Gasteiger partial charge in [0.1, 0.15) is 6.04 Å². The molecule has 0 spiro atoms. The van der Waals surface area contributed by atoms with Crippen LogP contribution in [0.2, 0.25) is 0 Å². The Labute approximate surface area is 188 Å². The SMILES string of the molecule is CCOc1ccccc1OCC(=O)NNC(=O)[C@H](C)NC(=O)c1ccc(C(C)(C)C)cc1. The number of nitrogens with one attached hydrogen (secondary N) is 3. The zero-order chi connectivity index (χ0) is 23.7. The van der Waals surface area contributed by atoms with Crippen molar-refractivity contribution in [2.75, 3.05) is 13.2 Å². The Bertz CT molecular complexity index is 935. The summed E-state index contributed by atoms with van der Waals surface area (Å²) in [5.41, 5.74) is 6.08. The van der Waals surface area contributed by atoms with E-state index in [1.165, 1.54) is 6.92 Å². The number of para-hydroxylation sites is 2. The summed E-state index contributed by atoms with van der Waals surface area (Å²) in [6.07, 6.45) is 0. The molecule has 0 saturated heterocycles. The van der Waals surface area contributed by atoms with Crippen LogP contribution in [0.1, 0.15) is 50.5 Å². The van der Waals surface area contributed by atoms with Crippen molar-refractivity contribution in [2.45, 2.75) is 46.1 Å². The van der Waals surface area contributed by atoms with Crippen LogP contribution in [0.25, 0.3) is 0 Å². The molecule has 2 rings (SSSR count). The molecule has 1 atom stereocenters. The number of amides is 3. The minimum absolute atomic E-state index is 0.0186. The van der Waals surface area contributed by atoms with Crippen molar-refractivity contribution >= 4 is 17.7 Å². The second kappa shape index (κ2) is 11.2. The smallest absolute Gasteiger partial charge is 0.276 e. The van der Waals surface area contributed by atoms with Gasteiger partial charge in [-0.2, -0.15) is 0 Å². The summed E-state index contributed by atoms with van der Waals surface area (Å²) in [6, 6.07) is 13.4. The maximum atomic E-state index is 12.4. The van der Waals surface area contributed by atoms with E-state index >= 15 is 0 Å². The van der Waals surface area contributed by atoms with Gasteiger partial charge in [0, 0.05) is 5.56 Å². The topological polar surface area (TPSA) is 106 Å². The van der Waals surface area contributed by atoms with Gasteiger partial charge in [0.15, 0.2) is 18.1 Å². The number of hydrogen-bond acceptors (Lipinski definition) is 5. The average molecular weight is 442 g/mol. The van der Waals surface area contributed by atoms with E-state index in [0.29, 0.717) is 23.7 Å². The van der Waals surface area contributed by atoms with Gasteiger partial charge >= 0.3 is 0 Å². The second-order valence-corrected chi connectivity index (χ2v) is 8.23. The standard InChI is InChI=1S/C24H31N3O5/c1-6-31-19-9-7-8-10-20(19)32-15-21(28)26-27-22(29)16(2)25-23(30)17-11-13-18(14-12-17)24(3,4)5/h7-14,16H,6,15H2,1-5H3,(H,25,30)(H,26,28)(H,27,29)/t16-/m0/s1. The molecule has 0 fully saturated rings. The Morgan fingerprint density at radius 1 is 0.906 bits per heavy atom. The zero-order valence-corrected chi connectivity index (χ0v) is 19.2. The first-order valence-corrected chi connectivity index (χ1v) is 10.5. The molecular formula is C24H31N3O5. The van der Waals surface area contributed by atoms with Gasteiger partial charge in [-0.15, -0.1) is 0 Å². The van der Waals surface area contributed by atoms with Gasteiger partial charge in [0.2, 0.25) is 0 Å². The summed E-state index contributed by atoms with van der Waals surface area (Å²) in [4.78, 5) is 36.6.